The first kappa shape index (κ1) is 21.9. The first-order valence-corrected chi connectivity index (χ1v) is 9.98. The average molecular weight is 418 g/mol. The molecule has 1 amide bonds. The Balaban J connectivity index is 1.36. The van der Waals surface area contributed by atoms with Crippen LogP contribution in [0.3, 0.4) is 0 Å². The Morgan fingerprint density at radius 2 is 1.45 bits per heavy atom. The van der Waals surface area contributed by atoms with Gasteiger partial charge in [-0.3, -0.25) is 4.79 Å². The first-order chi connectivity index (χ1) is 15.0. The topological polar surface area (TPSA) is 67.9 Å². The number of esters is 1. The van der Waals surface area contributed by atoms with Gasteiger partial charge in [0, 0.05) is 26.3 Å². The van der Waals surface area contributed by atoms with Crippen LogP contribution in [0.25, 0.3) is 11.1 Å². The van der Waals surface area contributed by atoms with Gasteiger partial charge in [0.1, 0.15) is 5.75 Å². The molecule has 0 saturated carbocycles. The molecule has 0 unspecified atom stereocenters. The highest BCUT2D eigenvalue weighted by atomic mass is 16.6. The zero-order valence-electron chi connectivity index (χ0n) is 17.7. The lowest BCUT2D eigenvalue weighted by molar-refractivity contribution is -0.150. The van der Waals surface area contributed by atoms with E-state index in [9.17, 15) is 9.59 Å². The van der Waals surface area contributed by atoms with E-state index in [0.29, 0.717) is 12.3 Å². The molecule has 3 rings (SSSR count). The normalized spacial score (nSPS) is 10.3. The number of hydrogen-bond donors (Lipinski definition) is 1. The fraction of sp³-hybridized carbons (Fsp3) is 0.200. The van der Waals surface area contributed by atoms with Gasteiger partial charge in [-0.1, -0.05) is 54.6 Å². The first-order valence-electron chi connectivity index (χ1n) is 9.98. The minimum absolute atomic E-state index is 0.260. The van der Waals surface area contributed by atoms with Crippen molar-refractivity contribution in [2.75, 3.05) is 32.2 Å². The van der Waals surface area contributed by atoms with Crippen molar-refractivity contribution in [2.24, 2.45) is 0 Å². The number of amides is 1. The summed E-state index contributed by atoms with van der Waals surface area (Å²) in [5.74, 6) is -0.405. The highest BCUT2D eigenvalue weighted by Gasteiger charge is 2.09. The molecule has 0 spiro atoms. The van der Waals surface area contributed by atoms with Gasteiger partial charge in [0.25, 0.3) is 5.91 Å². The van der Waals surface area contributed by atoms with Crippen LogP contribution in [0.5, 0.6) is 5.75 Å². The van der Waals surface area contributed by atoms with Gasteiger partial charge in [-0.15, -0.1) is 0 Å². The summed E-state index contributed by atoms with van der Waals surface area (Å²) in [7, 11) is 3.93. The van der Waals surface area contributed by atoms with Crippen molar-refractivity contribution in [3.05, 3.63) is 84.4 Å². The molecule has 0 radical (unpaired) electrons. The highest BCUT2D eigenvalue weighted by Crippen LogP contribution is 2.22. The van der Waals surface area contributed by atoms with Crippen LogP contribution in [0, 0.1) is 0 Å². The van der Waals surface area contributed by atoms with E-state index in [1.165, 1.54) is 0 Å². The second-order valence-electron chi connectivity index (χ2n) is 7.18. The third-order valence-corrected chi connectivity index (χ3v) is 4.62. The van der Waals surface area contributed by atoms with E-state index in [1.807, 2.05) is 85.7 Å². The summed E-state index contributed by atoms with van der Waals surface area (Å²) in [6.07, 6.45) is 0. The molecule has 0 aliphatic rings. The number of carbonyl (C=O) groups excluding carboxylic acids is 2. The van der Waals surface area contributed by atoms with E-state index < -0.39 is 5.97 Å². The van der Waals surface area contributed by atoms with E-state index in [4.69, 9.17) is 9.47 Å². The van der Waals surface area contributed by atoms with Crippen LogP contribution in [0.2, 0.25) is 0 Å². The Morgan fingerprint density at radius 1 is 0.806 bits per heavy atom. The van der Waals surface area contributed by atoms with Crippen molar-refractivity contribution in [3.8, 4) is 16.9 Å². The molecular formula is C25H26N2O4. The zero-order chi connectivity index (χ0) is 22.1. The smallest absolute Gasteiger partial charge is 0.344 e. The Morgan fingerprint density at radius 3 is 2.10 bits per heavy atom. The number of hydrogen-bond acceptors (Lipinski definition) is 5. The molecule has 0 aliphatic carbocycles. The third-order valence-electron chi connectivity index (χ3n) is 4.62. The van der Waals surface area contributed by atoms with Gasteiger partial charge in [-0.2, -0.15) is 0 Å². The Labute approximate surface area is 182 Å². The third kappa shape index (κ3) is 6.89. The van der Waals surface area contributed by atoms with Crippen molar-refractivity contribution in [1.82, 2.24) is 5.32 Å². The fourth-order valence-corrected chi connectivity index (χ4v) is 2.87. The van der Waals surface area contributed by atoms with E-state index in [0.717, 1.165) is 22.4 Å². The monoisotopic (exact) mass is 418 g/mol. The number of nitrogens with zero attached hydrogens (tertiary/aromatic N) is 1. The predicted octanol–water partition coefficient (Wildman–Crippen LogP) is 3.66. The standard InChI is InChI=1S/C25H26N2O4/c1-27(2)22-12-8-19(9-13-22)16-26-24(28)17-31-25(29)18-30-23-14-10-21(11-15-23)20-6-4-3-5-7-20/h3-15H,16-18H2,1-2H3,(H,26,28). The lowest BCUT2D eigenvalue weighted by atomic mass is 10.1. The molecule has 160 valence electrons. The Bertz CT molecular complexity index is 984. The van der Waals surface area contributed by atoms with E-state index in [-0.39, 0.29) is 19.1 Å². The second-order valence-corrected chi connectivity index (χ2v) is 7.18. The van der Waals surface area contributed by atoms with Gasteiger partial charge >= 0.3 is 5.97 Å². The maximum absolute atomic E-state index is 11.9. The summed E-state index contributed by atoms with van der Waals surface area (Å²) >= 11 is 0. The molecule has 6 nitrogen and oxygen atoms in total. The van der Waals surface area contributed by atoms with E-state index >= 15 is 0 Å². The molecule has 3 aromatic carbocycles. The SMILES string of the molecule is CN(C)c1ccc(CNC(=O)COC(=O)COc2ccc(-c3ccccc3)cc2)cc1. The molecule has 0 heterocycles. The zero-order valence-corrected chi connectivity index (χ0v) is 17.7. The Kier molecular flexibility index (Phi) is 7.65. The van der Waals surface area contributed by atoms with Gasteiger partial charge in [-0.25, -0.2) is 4.79 Å². The fourth-order valence-electron chi connectivity index (χ4n) is 2.87. The van der Waals surface area contributed by atoms with Gasteiger partial charge in [0.05, 0.1) is 0 Å². The summed E-state index contributed by atoms with van der Waals surface area (Å²) in [5.41, 5.74) is 4.21. The summed E-state index contributed by atoms with van der Waals surface area (Å²) in [4.78, 5) is 25.8. The largest absolute Gasteiger partial charge is 0.482 e. The molecule has 0 aromatic heterocycles. The molecule has 1 N–H and O–H groups in total. The molecule has 0 atom stereocenters. The maximum Gasteiger partial charge on any atom is 0.344 e. The number of anilines is 1. The summed E-state index contributed by atoms with van der Waals surface area (Å²) < 4.78 is 10.4. The van der Waals surface area contributed by atoms with Crippen LogP contribution in [0.15, 0.2) is 78.9 Å². The molecule has 0 saturated heterocycles. The van der Waals surface area contributed by atoms with Crippen molar-refractivity contribution >= 4 is 17.6 Å². The molecule has 6 heteroatoms. The second kappa shape index (κ2) is 10.8. The maximum atomic E-state index is 11.9. The highest BCUT2D eigenvalue weighted by molar-refractivity contribution is 5.80. The molecule has 0 aliphatic heterocycles. The molecule has 31 heavy (non-hydrogen) atoms. The van der Waals surface area contributed by atoms with Gasteiger partial charge in [0.15, 0.2) is 13.2 Å². The van der Waals surface area contributed by atoms with Crippen molar-refractivity contribution < 1.29 is 19.1 Å². The Hall–Kier alpha value is -3.80. The van der Waals surface area contributed by atoms with Crippen LogP contribution in [-0.4, -0.2) is 39.2 Å². The number of nitrogens with one attached hydrogen (secondary N) is 1. The molecular weight excluding hydrogens is 392 g/mol. The van der Waals surface area contributed by atoms with Crippen LogP contribution in [0.1, 0.15) is 5.56 Å². The lowest BCUT2D eigenvalue weighted by Crippen LogP contribution is -2.29. The van der Waals surface area contributed by atoms with Crippen LogP contribution >= 0.6 is 0 Å². The summed E-state index contributed by atoms with van der Waals surface area (Å²) in [6, 6.07) is 25.3. The molecule has 3 aromatic rings. The number of ether oxygens (including phenoxy) is 2. The van der Waals surface area contributed by atoms with Crippen LogP contribution < -0.4 is 15.0 Å². The number of carbonyl (C=O) groups is 2. The van der Waals surface area contributed by atoms with E-state index in [2.05, 4.69) is 5.32 Å². The number of rotatable bonds is 9. The summed E-state index contributed by atoms with van der Waals surface area (Å²) in [6.45, 7) is -0.233. The lowest BCUT2D eigenvalue weighted by Gasteiger charge is -2.13. The van der Waals surface area contributed by atoms with Gasteiger partial charge in [0.2, 0.25) is 0 Å². The average Bonchev–Trinajstić information content (AvgIpc) is 2.81. The van der Waals surface area contributed by atoms with E-state index in [1.54, 1.807) is 12.1 Å². The minimum Gasteiger partial charge on any atom is -0.482 e. The minimum atomic E-state index is -0.599. The van der Waals surface area contributed by atoms with Crippen molar-refractivity contribution in [1.29, 1.82) is 0 Å². The van der Waals surface area contributed by atoms with Gasteiger partial charge in [-0.05, 0) is 41.0 Å². The number of benzene rings is 3. The van der Waals surface area contributed by atoms with Crippen molar-refractivity contribution in [2.45, 2.75) is 6.54 Å². The van der Waals surface area contributed by atoms with Crippen LogP contribution in [0.4, 0.5) is 5.69 Å². The van der Waals surface area contributed by atoms with Gasteiger partial charge < -0.3 is 19.7 Å². The predicted molar refractivity (Wildman–Crippen MR) is 121 cm³/mol. The molecule has 0 bridgehead atoms. The quantitative estimate of drug-likeness (QED) is 0.537. The summed E-state index contributed by atoms with van der Waals surface area (Å²) in [5, 5.41) is 2.73. The van der Waals surface area contributed by atoms with Crippen LogP contribution in [-0.2, 0) is 20.9 Å². The van der Waals surface area contributed by atoms with Crippen molar-refractivity contribution in [3.63, 3.8) is 0 Å². The molecule has 0 fully saturated rings.